The maximum absolute atomic E-state index is 6.25. The summed E-state index contributed by atoms with van der Waals surface area (Å²) in [6.07, 6.45) is 3.76. The van der Waals surface area contributed by atoms with Gasteiger partial charge in [-0.15, -0.1) is 19.0 Å². The Balaban J connectivity index is 0.00000180. The molecule has 2 nitrogen and oxygen atoms in total. The molecule has 0 aromatic heterocycles. The topological polar surface area (TPSA) is 35.2 Å². The maximum Gasteiger partial charge on any atom is 0.126 e. The number of rotatable bonds is 5. The predicted molar refractivity (Wildman–Crippen MR) is 84.1 cm³/mol. The quantitative estimate of drug-likeness (QED) is 0.830. The molecule has 0 saturated heterocycles. The molecule has 0 aliphatic heterocycles. The maximum atomic E-state index is 6.25. The molecule has 2 aromatic carbocycles. The van der Waals surface area contributed by atoms with Gasteiger partial charge in [0.2, 0.25) is 0 Å². The molecule has 0 bridgehead atoms. The summed E-state index contributed by atoms with van der Waals surface area (Å²) in [7, 11) is 1.69. The number of hydrogen-bond donors (Lipinski definition) is 1. The van der Waals surface area contributed by atoms with E-state index in [0.29, 0.717) is 0 Å². The van der Waals surface area contributed by atoms with Crippen LogP contribution in [0.1, 0.15) is 24.4 Å². The number of halogens is 1. The molecule has 102 valence electrons. The van der Waals surface area contributed by atoms with Crippen molar-refractivity contribution >= 4 is 23.2 Å². The minimum absolute atomic E-state index is 0. The Labute approximate surface area is 120 Å². The van der Waals surface area contributed by atoms with Crippen LogP contribution >= 0.6 is 12.4 Å². The standard InChI is InChI=1S/C16H19NO.ClH/c1-3-4-9-15(17)13-10-11-16(18-2)14-8-6-5-7-12(13)14;/h3,5-8,10-11,15H,1,4,9,17H2,2H3;1H/t15-;/m1./s1. The van der Waals surface area contributed by atoms with Crippen LogP contribution in [-0.2, 0) is 0 Å². The first-order chi connectivity index (χ1) is 8.77. The monoisotopic (exact) mass is 277 g/mol. The summed E-state index contributed by atoms with van der Waals surface area (Å²) in [5.41, 5.74) is 7.42. The molecule has 0 heterocycles. The fourth-order valence-electron chi connectivity index (χ4n) is 2.25. The van der Waals surface area contributed by atoms with Crippen molar-refractivity contribution in [2.75, 3.05) is 7.11 Å². The third-order valence-electron chi connectivity index (χ3n) is 3.22. The van der Waals surface area contributed by atoms with Crippen molar-refractivity contribution < 1.29 is 4.74 Å². The number of nitrogens with two attached hydrogens (primary N) is 1. The molecule has 1 atom stereocenters. The molecule has 0 fully saturated rings. The number of ether oxygens (including phenoxy) is 1. The van der Waals surface area contributed by atoms with Gasteiger partial charge in [-0.05, 0) is 29.9 Å². The number of allylic oxidation sites excluding steroid dienone is 1. The van der Waals surface area contributed by atoms with Gasteiger partial charge in [-0.1, -0.05) is 36.4 Å². The summed E-state index contributed by atoms with van der Waals surface area (Å²) in [5.74, 6) is 0.894. The highest BCUT2D eigenvalue weighted by molar-refractivity contribution is 5.91. The summed E-state index contributed by atoms with van der Waals surface area (Å²) in [4.78, 5) is 0. The van der Waals surface area contributed by atoms with Gasteiger partial charge in [0, 0.05) is 11.4 Å². The lowest BCUT2D eigenvalue weighted by Crippen LogP contribution is -2.10. The average Bonchev–Trinajstić information content (AvgIpc) is 2.43. The number of benzene rings is 2. The Morgan fingerprint density at radius 3 is 2.53 bits per heavy atom. The van der Waals surface area contributed by atoms with Crippen molar-refractivity contribution in [2.45, 2.75) is 18.9 Å². The van der Waals surface area contributed by atoms with Gasteiger partial charge >= 0.3 is 0 Å². The van der Waals surface area contributed by atoms with Crippen molar-refractivity contribution in [3.05, 3.63) is 54.6 Å². The predicted octanol–water partition coefficient (Wildman–Crippen LogP) is 4.24. The second kappa shape index (κ2) is 7.17. The summed E-state index contributed by atoms with van der Waals surface area (Å²) in [5, 5.41) is 2.29. The first-order valence-electron chi connectivity index (χ1n) is 6.20. The molecule has 3 heteroatoms. The molecule has 0 radical (unpaired) electrons. The highest BCUT2D eigenvalue weighted by atomic mass is 35.5. The van der Waals surface area contributed by atoms with Crippen LogP contribution in [-0.4, -0.2) is 7.11 Å². The molecular formula is C16H20ClNO. The van der Waals surface area contributed by atoms with Crippen LogP contribution in [0.5, 0.6) is 5.75 Å². The summed E-state index contributed by atoms with van der Waals surface area (Å²) in [6, 6.07) is 12.3. The van der Waals surface area contributed by atoms with Crippen LogP contribution in [0.4, 0.5) is 0 Å². The first-order valence-corrected chi connectivity index (χ1v) is 6.20. The number of fused-ring (bicyclic) bond motifs is 1. The third kappa shape index (κ3) is 3.28. The normalized spacial score (nSPS) is 11.7. The van der Waals surface area contributed by atoms with Gasteiger partial charge in [0.15, 0.2) is 0 Å². The number of hydrogen-bond acceptors (Lipinski definition) is 2. The molecule has 19 heavy (non-hydrogen) atoms. The van der Waals surface area contributed by atoms with E-state index < -0.39 is 0 Å². The fourth-order valence-corrected chi connectivity index (χ4v) is 2.25. The summed E-state index contributed by atoms with van der Waals surface area (Å²) < 4.78 is 5.39. The van der Waals surface area contributed by atoms with E-state index in [4.69, 9.17) is 10.5 Å². The van der Waals surface area contributed by atoms with Crippen molar-refractivity contribution in [1.29, 1.82) is 0 Å². The van der Waals surface area contributed by atoms with Gasteiger partial charge < -0.3 is 10.5 Å². The molecule has 0 amide bonds. The molecule has 2 aromatic rings. The molecule has 0 aliphatic carbocycles. The largest absolute Gasteiger partial charge is 0.496 e. The van der Waals surface area contributed by atoms with E-state index in [9.17, 15) is 0 Å². The van der Waals surface area contributed by atoms with Crippen LogP contribution in [0.2, 0.25) is 0 Å². The van der Waals surface area contributed by atoms with E-state index in [0.717, 1.165) is 24.0 Å². The molecule has 0 spiro atoms. The van der Waals surface area contributed by atoms with Crippen LogP contribution in [0.25, 0.3) is 10.8 Å². The van der Waals surface area contributed by atoms with Gasteiger partial charge in [-0.3, -0.25) is 0 Å². The Kier molecular flexibility index (Phi) is 5.87. The molecule has 0 saturated carbocycles. The molecule has 0 unspecified atom stereocenters. The minimum Gasteiger partial charge on any atom is -0.496 e. The minimum atomic E-state index is 0. The lowest BCUT2D eigenvalue weighted by molar-refractivity contribution is 0.419. The van der Waals surface area contributed by atoms with Gasteiger partial charge in [0.25, 0.3) is 0 Å². The Hall–Kier alpha value is -1.51. The van der Waals surface area contributed by atoms with Crippen molar-refractivity contribution in [1.82, 2.24) is 0 Å². The van der Waals surface area contributed by atoms with Crippen LogP contribution in [0.3, 0.4) is 0 Å². The van der Waals surface area contributed by atoms with E-state index in [1.165, 1.54) is 10.9 Å². The van der Waals surface area contributed by atoms with E-state index in [1.807, 2.05) is 24.3 Å². The zero-order valence-corrected chi connectivity index (χ0v) is 12.0. The van der Waals surface area contributed by atoms with E-state index in [1.54, 1.807) is 7.11 Å². The molecule has 2 N–H and O–H groups in total. The average molecular weight is 278 g/mol. The smallest absolute Gasteiger partial charge is 0.126 e. The van der Waals surface area contributed by atoms with Gasteiger partial charge in [0.1, 0.15) is 5.75 Å². The zero-order chi connectivity index (χ0) is 13.0. The summed E-state index contributed by atoms with van der Waals surface area (Å²) in [6.45, 7) is 3.74. The van der Waals surface area contributed by atoms with Gasteiger partial charge in [-0.25, -0.2) is 0 Å². The summed E-state index contributed by atoms with van der Waals surface area (Å²) >= 11 is 0. The van der Waals surface area contributed by atoms with Crippen LogP contribution < -0.4 is 10.5 Å². The highest BCUT2D eigenvalue weighted by Gasteiger charge is 2.11. The van der Waals surface area contributed by atoms with Crippen molar-refractivity contribution in [2.24, 2.45) is 5.73 Å². The van der Waals surface area contributed by atoms with E-state index in [2.05, 4.69) is 24.8 Å². The molecular weight excluding hydrogens is 258 g/mol. The second-order valence-corrected chi connectivity index (χ2v) is 4.38. The SMILES string of the molecule is C=CCC[C@@H](N)c1ccc(OC)c2ccccc12.Cl. The second-order valence-electron chi connectivity index (χ2n) is 4.38. The van der Waals surface area contributed by atoms with Gasteiger partial charge in [0.05, 0.1) is 7.11 Å². The lowest BCUT2D eigenvalue weighted by Gasteiger charge is -2.15. The Bertz CT molecular complexity index is 553. The number of methoxy groups -OCH3 is 1. The third-order valence-corrected chi connectivity index (χ3v) is 3.22. The van der Waals surface area contributed by atoms with E-state index in [-0.39, 0.29) is 18.4 Å². The highest BCUT2D eigenvalue weighted by Crippen LogP contribution is 2.32. The zero-order valence-electron chi connectivity index (χ0n) is 11.1. The fraction of sp³-hybridized carbons (Fsp3) is 0.250. The van der Waals surface area contributed by atoms with Crippen molar-refractivity contribution in [3.63, 3.8) is 0 Å². The molecule has 0 aliphatic rings. The van der Waals surface area contributed by atoms with Crippen LogP contribution in [0.15, 0.2) is 49.1 Å². The van der Waals surface area contributed by atoms with Crippen LogP contribution in [0, 0.1) is 0 Å². The van der Waals surface area contributed by atoms with E-state index >= 15 is 0 Å². The Morgan fingerprint density at radius 2 is 1.89 bits per heavy atom. The lowest BCUT2D eigenvalue weighted by atomic mass is 9.96. The van der Waals surface area contributed by atoms with Gasteiger partial charge in [-0.2, -0.15) is 0 Å². The first kappa shape index (κ1) is 15.5. The molecule has 2 rings (SSSR count). The van der Waals surface area contributed by atoms with Crippen molar-refractivity contribution in [3.8, 4) is 5.75 Å². The Morgan fingerprint density at radius 1 is 1.21 bits per heavy atom.